The minimum Gasteiger partial charge on any atom is -0.569 e. The number of fused-ring (bicyclic) bond motifs is 3. The minimum atomic E-state index is -1.12. The summed E-state index contributed by atoms with van der Waals surface area (Å²) in [6.07, 6.45) is 5.50. The molecule has 2 unspecified atom stereocenters. The van der Waals surface area contributed by atoms with Gasteiger partial charge in [-0.15, -0.1) is 45.6 Å². The minimum absolute atomic E-state index is 0.0884. The average Bonchev–Trinajstić information content (AvgIpc) is 1.62. The quantitative estimate of drug-likeness (QED) is 0.00404. The molecule has 18 rings (SSSR count). The summed E-state index contributed by atoms with van der Waals surface area (Å²) in [4.78, 5) is 80.5. The summed E-state index contributed by atoms with van der Waals surface area (Å²) in [5.41, 5.74) is 15.0. The van der Waals surface area contributed by atoms with Gasteiger partial charge in [0.15, 0.2) is 6.04 Å². The molecular formula is C92H95N27O19. The van der Waals surface area contributed by atoms with Crippen LogP contribution in [0.3, 0.4) is 0 Å². The number of H-pyrrole nitrogens is 3. The van der Waals surface area contributed by atoms with Gasteiger partial charge in [-0.1, -0.05) is 164 Å². The van der Waals surface area contributed by atoms with Crippen LogP contribution in [0.25, 0.3) is 101 Å². The lowest BCUT2D eigenvalue weighted by molar-refractivity contribution is -0.721. The number of nitrogens with zero attached hydrogens (tertiary/aromatic N) is 24. The van der Waals surface area contributed by atoms with Gasteiger partial charge in [0.2, 0.25) is 33.3 Å². The van der Waals surface area contributed by atoms with E-state index in [-0.39, 0.29) is 58.5 Å². The molecule has 0 amide bonds. The zero-order valence-electron chi connectivity index (χ0n) is 74.9. The van der Waals surface area contributed by atoms with Crippen molar-refractivity contribution >= 4 is 57.0 Å². The zero-order valence-corrected chi connectivity index (χ0v) is 74.9. The number of benzene rings is 9. The number of ether oxygens (including phenoxy) is 6. The van der Waals surface area contributed by atoms with Crippen molar-refractivity contribution in [3.63, 3.8) is 0 Å². The third-order valence-electron chi connectivity index (χ3n) is 22.9. The first-order valence-electron chi connectivity index (χ1n) is 44.4. The van der Waals surface area contributed by atoms with Crippen LogP contribution in [-0.4, -0.2) is 251 Å². The van der Waals surface area contributed by atoms with Gasteiger partial charge in [-0.2, -0.15) is 30.6 Å². The Hall–Kier alpha value is -17.2. The van der Waals surface area contributed by atoms with Crippen LogP contribution >= 0.6 is 0 Å². The molecule has 0 spiro atoms. The van der Waals surface area contributed by atoms with Crippen LogP contribution in [0.15, 0.2) is 216 Å². The van der Waals surface area contributed by atoms with Crippen molar-refractivity contribution in [2.75, 3.05) is 73.0 Å². The Labute approximate surface area is 784 Å². The molecule has 3 saturated heterocycles. The number of aromatic nitrogens is 18. The summed E-state index contributed by atoms with van der Waals surface area (Å²) in [5, 5.41) is 123. The average molecular weight is 1880 g/mol. The van der Waals surface area contributed by atoms with Gasteiger partial charge in [0.05, 0.1) is 137 Å². The van der Waals surface area contributed by atoms with Gasteiger partial charge in [-0.05, 0) is 174 Å². The highest BCUT2D eigenvalue weighted by atomic mass is 16.8. The van der Waals surface area contributed by atoms with Crippen LogP contribution in [0.1, 0.15) is 120 Å². The number of carboxylic acids is 1. The largest absolute Gasteiger partial charge is 0.569 e. The van der Waals surface area contributed by atoms with Crippen molar-refractivity contribution in [2.24, 2.45) is 15.8 Å². The van der Waals surface area contributed by atoms with Crippen LogP contribution < -0.4 is 14.2 Å². The van der Waals surface area contributed by atoms with E-state index in [4.69, 9.17) is 42.9 Å². The second-order valence-corrected chi connectivity index (χ2v) is 31.4. The van der Waals surface area contributed by atoms with E-state index in [0.717, 1.165) is 91.0 Å². The van der Waals surface area contributed by atoms with E-state index in [1.165, 1.54) is 10.0 Å². The summed E-state index contributed by atoms with van der Waals surface area (Å²) in [7, 11) is 0. The fourth-order valence-electron chi connectivity index (χ4n) is 16.5. The molecule has 15 aromatic rings. The van der Waals surface area contributed by atoms with Crippen LogP contribution in [0.2, 0.25) is 0 Å². The number of para-hydroxylation sites is 3. The number of carbonyl (C=O) groups is 4. The van der Waals surface area contributed by atoms with Crippen molar-refractivity contribution in [1.82, 2.24) is 106 Å². The number of carbonyl (C=O) groups excluding carboxylic acids is 3. The highest BCUT2D eigenvalue weighted by Gasteiger charge is 2.36. The van der Waals surface area contributed by atoms with Gasteiger partial charge in [-0.3, -0.25) is 13.7 Å². The Kier molecular flexibility index (Phi) is 30.7. The van der Waals surface area contributed by atoms with Crippen LogP contribution in [-0.2, 0) is 53.2 Å². The topological polar surface area (TPSA) is 554 Å². The van der Waals surface area contributed by atoms with Crippen LogP contribution in [0.4, 0.5) is 0 Å². The lowest BCUT2D eigenvalue weighted by atomic mass is 9.98. The van der Waals surface area contributed by atoms with Crippen molar-refractivity contribution in [3.05, 3.63) is 249 Å². The summed E-state index contributed by atoms with van der Waals surface area (Å²) in [6.45, 7) is 6.71. The summed E-state index contributed by atoms with van der Waals surface area (Å²) >= 11 is 0. The predicted molar refractivity (Wildman–Crippen MR) is 488 cm³/mol. The number of carboxylic acid groups (broad SMARTS) is 1. The van der Waals surface area contributed by atoms with Crippen molar-refractivity contribution in [1.29, 1.82) is 0 Å². The molecule has 46 heteroatoms. The molecule has 3 aliphatic rings. The van der Waals surface area contributed by atoms with E-state index >= 15 is 0 Å². The van der Waals surface area contributed by atoms with E-state index in [0.29, 0.717) is 158 Å². The molecule has 3 fully saturated rings. The van der Waals surface area contributed by atoms with E-state index < -0.39 is 50.3 Å². The van der Waals surface area contributed by atoms with Gasteiger partial charge in [0, 0.05) is 16.7 Å². The molecule has 138 heavy (non-hydrogen) atoms. The molecule has 0 saturated carbocycles. The Morgan fingerprint density at radius 1 is 0.391 bits per heavy atom. The van der Waals surface area contributed by atoms with E-state index in [2.05, 4.69) is 92.7 Å². The standard InChI is InChI=1S/C31H31N9O7.C31H33N9O6.C30H31N9O6/c1-2-45-31-32-25-11-7-10-24(30(43)46-19-47-37-40(44)39-17-6-5-12-26(39)29(41)42)27(25)38(31)18-20-13-15-21(16-14-20)22-8-3-4-9-23(22)28-33-35-36-34-28;1-2-44-31-32-27-12-7-11-26(30(42)45-20-46-37-40(43)39-17-6-5-8-23(39)19-41)28(27)38(31)18-21-13-15-22(16-14-21)24-9-3-4-10-25(24)29-33-35-36-34-29;1-2-43-30-31-26-11-5-10-25(29(41)44-19-45-36-39(42)38-16-6-7-22(38)18-40)27(26)37(30)17-20-12-14-21(15-13-20)23-8-3-4-9-24(23)28-32-34-35-33-28/h3-4,7-11,13-16,26H,2,5-6,12,17-19H2,1H3,(H,41,42)(H,33,34,35,36);3-4,7,9-16,23,41H,2,5-6,8,17-20H2,1H3,(H,33,34,35,36);3-5,8-15,22,40H,2,6-7,16-19H2,1H3,(H,32,33,34,35)/b2*40-37-;39-36-/t;;22-/m..0/s1. The highest BCUT2D eigenvalue weighted by Crippen LogP contribution is 2.37. The first-order valence-corrected chi connectivity index (χ1v) is 44.4. The van der Waals surface area contributed by atoms with E-state index in [9.17, 15) is 50.1 Å². The Bertz CT molecular complexity index is 6760. The van der Waals surface area contributed by atoms with Crippen molar-refractivity contribution in [3.8, 4) is 85.6 Å². The van der Waals surface area contributed by atoms with E-state index in [1.807, 2.05) is 175 Å². The molecule has 0 aliphatic carbocycles. The van der Waals surface area contributed by atoms with E-state index in [1.54, 1.807) is 59.2 Å². The predicted octanol–water partition coefficient (Wildman–Crippen LogP) is 12.0. The monoisotopic (exact) mass is 1880 g/mol. The number of aliphatic hydroxyl groups is 2. The molecule has 0 radical (unpaired) electrons. The fraction of sp³-hybridized carbons (Fsp3) is 0.304. The van der Waals surface area contributed by atoms with Crippen molar-refractivity contribution in [2.45, 2.75) is 110 Å². The number of tetrazole rings is 3. The molecule has 9 aromatic carbocycles. The first kappa shape index (κ1) is 94.0. The molecule has 46 nitrogen and oxygen atoms in total. The summed E-state index contributed by atoms with van der Waals surface area (Å²) in [6, 6.07) is 62.1. The number of aliphatic carboxylic acids is 1. The number of hydrazine groups is 3. The molecule has 712 valence electrons. The van der Waals surface area contributed by atoms with Crippen molar-refractivity contribution < 1.29 is 92.3 Å². The first-order chi connectivity index (χ1) is 67.6. The Morgan fingerprint density at radius 3 is 1.02 bits per heavy atom. The Morgan fingerprint density at radius 2 is 0.703 bits per heavy atom. The lowest BCUT2D eigenvalue weighted by Gasteiger charge is -2.29. The number of rotatable bonds is 36. The van der Waals surface area contributed by atoms with Gasteiger partial charge in [0.1, 0.15) is 12.1 Å². The SMILES string of the molecule is CCOc1nc2cccc(C(=O)OCO/N=[N+](\[O-])N3CCCCC3C(=O)O)c2n1Cc1ccc(-c2ccccc2-c2nn[nH]n2)cc1.CCOc1nc2cccc(C(=O)OCO/N=[N+](\[O-])N3CCCCC3CO)c2n1Cc1ccc(-c2ccccc2-c2nn[nH]n2)cc1.CCOc1nc2cccc(C(=O)OCO/N=[N+](\[O-])N3CCC[C@H]3CO)c2n1Cc1ccc(-c2ccccc2-c2nn[nH]n2)cc1. The maximum Gasteiger partial charge on any atom is 0.343 e. The third-order valence-corrected chi connectivity index (χ3v) is 22.9. The smallest absolute Gasteiger partial charge is 0.343 e. The van der Waals surface area contributed by atoms with Gasteiger partial charge >= 0.3 is 23.9 Å². The maximum atomic E-state index is 13.2. The number of aliphatic hydroxyl groups excluding tert-OH is 2. The second-order valence-electron chi connectivity index (χ2n) is 31.4. The molecule has 3 atom stereocenters. The van der Waals surface area contributed by atoms with Crippen LogP contribution in [0.5, 0.6) is 18.0 Å². The number of esters is 3. The lowest BCUT2D eigenvalue weighted by Crippen LogP contribution is -2.48. The van der Waals surface area contributed by atoms with Gasteiger partial charge in [0.25, 0.3) is 38.4 Å². The molecule has 0 bridgehead atoms. The molecular weight excluding hydrogens is 1790 g/mol. The van der Waals surface area contributed by atoms with Gasteiger partial charge in [-0.25, -0.2) is 19.2 Å². The number of imidazole rings is 3. The molecule has 9 heterocycles. The second kappa shape index (κ2) is 45.0. The Balaban J connectivity index is 0.000000150. The maximum absolute atomic E-state index is 13.2. The fourth-order valence-corrected chi connectivity index (χ4v) is 16.5. The van der Waals surface area contributed by atoms with Gasteiger partial charge < -0.3 is 73.9 Å². The summed E-state index contributed by atoms with van der Waals surface area (Å²) < 4.78 is 38.9. The highest BCUT2D eigenvalue weighted by molar-refractivity contribution is 6.04. The molecule has 3 aliphatic heterocycles. The molecule has 6 N–H and O–H groups in total. The zero-order chi connectivity index (χ0) is 95.8. The number of nitrogens with one attached hydrogen (secondary N) is 3. The van der Waals surface area contributed by atoms with Crippen LogP contribution in [0, 0.1) is 15.6 Å². The summed E-state index contributed by atoms with van der Waals surface area (Å²) in [5.74, 6) is -1.71. The molecule has 6 aromatic heterocycles. The number of hydrogen-bond acceptors (Lipinski definition) is 33. The number of hydrogen-bond donors (Lipinski definition) is 6. The normalized spacial score (nSPS) is 15.1. The number of aromatic amines is 3. The third kappa shape index (κ3) is 21.8. The number of piperidine rings is 2.